The summed E-state index contributed by atoms with van der Waals surface area (Å²) < 4.78 is 14.2. The minimum absolute atomic E-state index is 0.0129. The molecule has 31 heavy (non-hydrogen) atoms. The van der Waals surface area contributed by atoms with Gasteiger partial charge in [0.25, 0.3) is 5.91 Å². The molecule has 0 spiro atoms. The lowest BCUT2D eigenvalue weighted by molar-refractivity contribution is 0.0676. The Hall–Kier alpha value is -3.06. The maximum absolute atomic E-state index is 13.3. The van der Waals surface area contributed by atoms with Gasteiger partial charge in [-0.1, -0.05) is 18.2 Å². The molecule has 7 heteroatoms. The number of rotatable bonds is 4. The average molecular weight is 421 g/mol. The number of carbonyl (C=O) groups excluding carboxylic acids is 1. The first-order chi connectivity index (χ1) is 15.1. The molecule has 1 fully saturated rings. The molecule has 1 unspecified atom stereocenters. The molecule has 1 saturated heterocycles. The van der Waals surface area contributed by atoms with Crippen molar-refractivity contribution in [2.75, 3.05) is 19.8 Å². The van der Waals surface area contributed by atoms with E-state index in [4.69, 9.17) is 14.5 Å². The molecule has 1 N–H and O–H groups in total. The standard InChI is InChI=1S/C24H27N3O4/c1-15-25-23-19(26(15)2)12-16(24(29)27-10-5-6-17(27)14-28)13-22(23)31-21-9-11-30-20-8-4-3-7-18(20)21/h3-4,7-8,12-13,17,21,28H,5-6,9-11,14H2,1-2H3/t17-,21?/m1/s1. The Labute approximate surface area is 181 Å². The maximum Gasteiger partial charge on any atom is 0.254 e. The van der Waals surface area contributed by atoms with Crippen molar-refractivity contribution in [2.24, 2.45) is 7.05 Å². The summed E-state index contributed by atoms with van der Waals surface area (Å²) in [6.07, 6.45) is 2.29. The van der Waals surface area contributed by atoms with Crippen molar-refractivity contribution in [1.82, 2.24) is 14.5 Å². The molecule has 2 aromatic carbocycles. The third-order valence-electron chi connectivity index (χ3n) is 6.44. The lowest BCUT2D eigenvalue weighted by atomic mass is 10.0. The van der Waals surface area contributed by atoms with E-state index in [1.807, 2.05) is 54.9 Å². The molecule has 0 aliphatic carbocycles. The van der Waals surface area contributed by atoms with Gasteiger partial charge in [0.15, 0.2) is 0 Å². The molecule has 0 radical (unpaired) electrons. The number of ether oxygens (including phenoxy) is 2. The highest BCUT2D eigenvalue weighted by atomic mass is 16.5. The van der Waals surface area contributed by atoms with Crippen LogP contribution in [0.5, 0.6) is 11.5 Å². The summed E-state index contributed by atoms with van der Waals surface area (Å²) >= 11 is 0. The van der Waals surface area contributed by atoms with Gasteiger partial charge in [-0.15, -0.1) is 0 Å². The van der Waals surface area contributed by atoms with E-state index in [1.165, 1.54) is 0 Å². The average Bonchev–Trinajstić information content (AvgIpc) is 3.38. The minimum atomic E-state index is -0.169. The van der Waals surface area contributed by atoms with Crippen LogP contribution in [0, 0.1) is 6.92 Å². The Morgan fingerprint density at radius 2 is 2.13 bits per heavy atom. The van der Waals surface area contributed by atoms with E-state index in [0.717, 1.165) is 47.4 Å². The van der Waals surface area contributed by atoms with E-state index in [-0.39, 0.29) is 24.7 Å². The number of para-hydroxylation sites is 1. The number of aliphatic hydroxyl groups excluding tert-OH is 1. The summed E-state index contributed by atoms with van der Waals surface area (Å²) in [6.45, 7) is 3.17. The Bertz CT molecular complexity index is 1140. The van der Waals surface area contributed by atoms with Gasteiger partial charge in [-0.25, -0.2) is 4.98 Å². The van der Waals surface area contributed by atoms with Gasteiger partial charge < -0.3 is 24.0 Å². The highest BCUT2D eigenvalue weighted by molar-refractivity contribution is 5.99. The zero-order valence-electron chi connectivity index (χ0n) is 17.9. The Kier molecular flexibility index (Phi) is 5.06. The molecule has 1 aromatic heterocycles. The number of fused-ring (bicyclic) bond motifs is 2. The number of likely N-dealkylation sites (tertiary alicyclic amines) is 1. The van der Waals surface area contributed by atoms with Crippen LogP contribution in [0.4, 0.5) is 0 Å². The zero-order valence-corrected chi connectivity index (χ0v) is 17.9. The molecule has 0 bridgehead atoms. The second-order valence-electron chi connectivity index (χ2n) is 8.32. The number of aliphatic hydroxyl groups is 1. The summed E-state index contributed by atoms with van der Waals surface area (Å²) in [5.74, 6) is 2.22. The minimum Gasteiger partial charge on any atom is -0.493 e. The molecule has 162 valence electrons. The van der Waals surface area contributed by atoms with Gasteiger partial charge in [-0.3, -0.25) is 4.79 Å². The molecule has 5 rings (SSSR count). The van der Waals surface area contributed by atoms with Crippen LogP contribution in [0.2, 0.25) is 0 Å². The topological polar surface area (TPSA) is 76.8 Å². The predicted octanol–water partition coefficient (Wildman–Crippen LogP) is 3.38. The zero-order chi connectivity index (χ0) is 21.5. The Morgan fingerprint density at radius 3 is 2.97 bits per heavy atom. The first-order valence-electron chi connectivity index (χ1n) is 10.8. The first kappa shape index (κ1) is 19.9. The third kappa shape index (κ3) is 3.43. The van der Waals surface area contributed by atoms with E-state index in [9.17, 15) is 9.90 Å². The number of carbonyl (C=O) groups is 1. The van der Waals surface area contributed by atoms with Crippen molar-refractivity contribution in [3.63, 3.8) is 0 Å². The summed E-state index contributed by atoms with van der Waals surface area (Å²) in [6, 6.07) is 11.5. The molecule has 1 amide bonds. The molecular formula is C24H27N3O4. The third-order valence-corrected chi connectivity index (χ3v) is 6.44. The maximum atomic E-state index is 13.3. The Balaban J connectivity index is 1.56. The smallest absolute Gasteiger partial charge is 0.254 e. The van der Waals surface area contributed by atoms with Crippen molar-refractivity contribution in [2.45, 2.75) is 38.3 Å². The SMILES string of the molecule is Cc1nc2c(OC3CCOc4ccccc43)cc(C(=O)N3CCC[C@@H]3CO)cc2n1C. The summed E-state index contributed by atoms with van der Waals surface area (Å²) in [5, 5.41) is 9.67. The number of imidazole rings is 1. The number of hydrogen-bond donors (Lipinski definition) is 1. The highest BCUT2D eigenvalue weighted by Gasteiger charge is 2.30. The van der Waals surface area contributed by atoms with Crippen LogP contribution >= 0.6 is 0 Å². The van der Waals surface area contributed by atoms with Crippen LogP contribution < -0.4 is 9.47 Å². The number of aryl methyl sites for hydroxylation is 2. The van der Waals surface area contributed by atoms with Crippen molar-refractivity contribution < 1.29 is 19.4 Å². The van der Waals surface area contributed by atoms with Crippen LogP contribution in [0.25, 0.3) is 11.0 Å². The van der Waals surface area contributed by atoms with Crippen molar-refractivity contribution in [1.29, 1.82) is 0 Å². The van der Waals surface area contributed by atoms with E-state index >= 15 is 0 Å². The number of benzene rings is 2. The second-order valence-corrected chi connectivity index (χ2v) is 8.32. The lowest BCUT2D eigenvalue weighted by Gasteiger charge is -2.27. The number of amides is 1. The fourth-order valence-corrected chi connectivity index (χ4v) is 4.63. The van der Waals surface area contributed by atoms with Gasteiger partial charge in [-0.2, -0.15) is 0 Å². The van der Waals surface area contributed by atoms with Crippen LogP contribution in [-0.4, -0.2) is 51.3 Å². The quantitative estimate of drug-likeness (QED) is 0.699. The fourth-order valence-electron chi connectivity index (χ4n) is 4.63. The molecule has 2 aliphatic rings. The predicted molar refractivity (Wildman–Crippen MR) is 117 cm³/mol. The normalized spacial score (nSPS) is 20.5. The lowest BCUT2D eigenvalue weighted by Crippen LogP contribution is -2.37. The monoisotopic (exact) mass is 421 g/mol. The van der Waals surface area contributed by atoms with Gasteiger partial charge in [-0.05, 0) is 38.0 Å². The molecule has 0 saturated carbocycles. The van der Waals surface area contributed by atoms with Crippen LogP contribution in [0.1, 0.15) is 47.1 Å². The van der Waals surface area contributed by atoms with Crippen LogP contribution in [0.3, 0.4) is 0 Å². The Morgan fingerprint density at radius 1 is 1.29 bits per heavy atom. The van der Waals surface area contributed by atoms with E-state index in [2.05, 4.69) is 0 Å². The van der Waals surface area contributed by atoms with E-state index in [0.29, 0.717) is 24.5 Å². The van der Waals surface area contributed by atoms with E-state index < -0.39 is 0 Å². The van der Waals surface area contributed by atoms with Crippen LogP contribution in [-0.2, 0) is 7.05 Å². The van der Waals surface area contributed by atoms with Gasteiger partial charge in [0.2, 0.25) is 0 Å². The highest BCUT2D eigenvalue weighted by Crippen LogP contribution is 2.38. The molecule has 7 nitrogen and oxygen atoms in total. The summed E-state index contributed by atoms with van der Waals surface area (Å²) in [5.41, 5.74) is 3.18. The van der Waals surface area contributed by atoms with Crippen molar-refractivity contribution in [3.05, 3.63) is 53.3 Å². The molecule has 3 heterocycles. The van der Waals surface area contributed by atoms with Gasteiger partial charge in [0, 0.05) is 31.1 Å². The molecule has 2 atom stereocenters. The van der Waals surface area contributed by atoms with Crippen molar-refractivity contribution in [3.8, 4) is 11.5 Å². The van der Waals surface area contributed by atoms with Crippen LogP contribution in [0.15, 0.2) is 36.4 Å². The van der Waals surface area contributed by atoms with Crippen molar-refractivity contribution >= 4 is 16.9 Å². The van der Waals surface area contributed by atoms with E-state index in [1.54, 1.807) is 4.90 Å². The second kappa shape index (κ2) is 7.89. The van der Waals surface area contributed by atoms with Gasteiger partial charge in [0.1, 0.15) is 28.9 Å². The first-order valence-corrected chi connectivity index (χ1v) is 10.8. The van der Waals surface area contributed by atoms with Gasteiger partial charge >= 0.3 is 0 Å². The number of nitrogens with zero attached hydrogens (tertiary/aromatic N) is 3. The number of aromatic nitrogens is 2. The molecule has 3 aromatic rings. The fraction of sp³-hybridized carbons (Fsp3) is 0.417. The molecule has 2 aliphatic heterocycles. The summed E-state index contributed by atoms with van der Waals surface area (Å²) in [4.78, 5) is 19.8. The van der Waals surface area contributed by atoms with Gasteiger partial charge in [0.05, 0.1) is 24.8 Å². The molecular weight excluding hydrogens is 394 g/mol. The largest absolute Gasteiger partial charge is 0.493 e. The number of hydrogen-bond acceptors (Lipinski definition) is 5. The summed E-state index contributed by atoms with van der Waals surface area (Å²) in [7, 11) is 1.94.